The first-order chi connectivity index (χ1) is 8.24. The SMILES string of the molecule is CC(C)(CNC(=O)c1ccc(Br)cc1Cl)C(N)=S. The fraction of sp³-hybridized carbons (Fsp3) is 0.333. The van der Waals surface area contributed by atoms with Crippen molar-refractivity contribution in [1.82, 2.24) is 5.32 Å². The quantitative estimate of drug-likeness (QED) is 0.821. The third kappa shape index (κ3) is 3.93. The predicted octanol–water partition coefficient (Wildman–Crippen LogP) is 3.14. The van der Waals surface area contributed by atoms with E-state index in [1.165, 1.54) is 0 Å². The van der Waals surface area contributed by atoms with E-state index in [1.807, 2.05) is 13.8 Å². The molecule has 0 aliphatic rings. The fourth-order valence-electron chi connectivity index (χ4n) is 1.16. The van der Waals surface area contributed by atoms with Crippen LogP contribution in [0.4, 0.5) is 0 Å². The smallest absolute Gasteiger partial charge is 0.252 e. The summed E-state index contributed by atoms with van der Waals surface area (Å²) in [5.74, 6) is -0.239. The van der Waals surface area contributed by atoms with Crippen molar-refractivity contribution in [3.63, 3.8) is 0 Å². The predicted molar refractivity (Wildman–Crippen MR) is 82.1 cm³/mol. The lowest BCUT2D eigenvalue weighted by molar-refractivity contribution is 0.0945. The molecule has 0 unspecified atom stereocenters. The Morgan fingerprint density at radius 3 is 2.67 bits per heavy atom. The second kappa shape index (κ2) is 5.99. The summed E-state index contributed by atoms with van der Waals surface area (Å²) in [6.45, 7) is 4.12. The number of thiocarbonyl (C=S) groups is 1. The van der Waals surface area contributed by atoms with Crippen LogP contribution < -0.4 is 11.1 Å². The Hall–Kier alpha value is -0.650. The van der Waals surface area contributed by atoms with Gasteiger partial charge in [0.25, 0.3) is 5.91 Å². The summed E-state index contributed by atoms with van der Waals surface area (Å²) in [6.07, 6.45) is 0. The Kier molecular flexibility index (Phi) is 5.13. The molecule has 0 aliphatic heterocycles. The van der Waals surface area contributed by atoms with Gasteiger partial charge in [-0.1, -0.05) is 53.6 Å². The number of hydrogen-bond acceptors (Lipinski definition) is 2. The van der Waals surface area contributed by atoms with Crippen molar-refractivity contribution in [1.29, 1.82) is 0 Å². The molecular weight excluding hydrogens is 336 g/mol. The molecule has 1 aromatic carbocycles. The highest BCUT2D eigenvalue weighted by Crippen LogP contribution is 2.21. The monoisotopic (exact) mass is 348 g/mol. The molecule has 0 saturated heterocycles. The van der Waals surface area contributed by atoms with Crippen LogP contribution in [0.25, 0.3) is 0 Å². The zero-order valence-electron chi connectivity index (χ0n) is 10.1. The zero-order chi connectivity index (χ0) is 13.9. The van der Waals surface area contributed by atoms with E-state index in [0.29, 0.717) is 22.1 Å². The third-order valence-electron chi connectivity index (χ3n) is 2.53. The summed E-state index contributed by atoms with van der Waals surface area (Å²) < 4.78 is 0.826. The van der Waals surface area contributed by atoms with Crippen molar-refractivity contribution < 1.29 is 4.79 Å². The van der Waals surface area contributed by atoms with Gasteiger partial charge in [0.1, 0.15) is 0 Å². The maximum atomic E-state index is 12.0. The highest BCUT2D eigenvalue weighted by Gasteiger charge is 2.22. The summed E-state index contributed by atoms with van der Waals surface area (Å²) in [7, 11) is 0. The first kappa shape index (κ1) is 15.4. The van der Waals surface area contributed by atoms with Crippen LogP contribution in [0.2, 0.25) is 5.02 Å². The number of rotatable bonds is 4. The van der Waals surface area contributed by atoms with Crippen molar-refractivity contribution in [3.8, 4) is 0 Å². The topological polar surface area (TPSA) is 55.1 Å². The number of carbonyl (C=O) groups excluding carboxylic acids is 1. The first-order valence-corrected chi connectivity index (χ1v) is 6.85. The number of carbonyl (C=O) groups is 1. The van der Waals surface area contributed by atoms with Crippen molar-refractivity contribution in [2.45, 2.75) is 13.8 Å². The Morgan fingerprint density at radius 1 is 1.56 bits per heavy atom. The van der Waals surface area contributed by atoms with Gasteiger partial charge in [-0.25, -0.2) is 0 Å². The van der Waals surface area contributed by atoms with Gasteiger partial charge >= 0.3 is 0 Å². The van der Waals surface area contributed by atoms with E-state index in [9.17, 15) is 4.79 Å². The lowest BCUT2D eigenvalue weighted by atomic mass is 9.93. The number of nitrogens with one attached hydrogen (secondary N) is 1. The molecule has 6 heteroatoms. The molecule has 0 aromatic heterocycles. The van der Waals surface area contributed by atoms with Gasteiger partial charge in [0.2, 0.25) is 0 Å². The van der Waals surface area contributed by atoms with Crippen LogP contribution in [0.5, 0.6) is 0 Å². The molecule has 3 N–H and O–H groups in total. The minimum absolute atomic E-state index is 0.239. The molecule has 1 aromatic rings. The van der Waals surface area contributed by atoms with Crippen LogP contribution in [-0.4, -0.2) is 17.4 Å². The second-order valence-electron chi connectivity index (χ2n) is 4.55. The number of benzene rings is 1. The van der Waals surface area contributed by atoms with Gasteiger partial charge in [0.15, 0.2) is 0 Å². The first-order valence-electron chi connectivity index (χ1n) is 5.27. The summed E-state index contributed by atoms with van der Waals surface area (Å²) in [6, 6.07) is 5.10. The van der Waals surface area contributed by atoms with Crippen LogP contribution in [0, 0.1) is 5.41 Å². The fourth-order valence-corrected chi connectivity index (χ4v) is 1.99. The molecular formula is C12H14BrClN2OS. The average Bonchev–Trinajstić information content (AvgIpc) is 2.25. The second-order valence-corrected chi connectivity index (χ2v) is 6.32. The van der Waals surface area contributed by atoms with Crippen LogP contribution in [0.1, 0.15) is 24.2 Å². The number of nitrogens with two attached hydrogens (primary N) is 1. The molecule has 0 saturated carbocycles. The van der Waals surface area contributed by atoms with Gasteiger partial charge in [0.05, 0.1) is 15.6 Å². The highest BCUT2D eigenvalue weighted by atomic mass is 79.9. The highest BCUT2D eigenvalue weighted by molar-refractivity contribution is 9.10. The van der Waals surface area contributed by atoms with Gasteiger partial charge in [-0.15, -0.1) is 0 Å². The van der Waals surface area contributed by atoms with Crippen LogP contribution >= 0.6 is 39.7 Å². The molecule has 1 amide bonds. The van der Waals surface area contributed by atoms with E-state index < -0.39 is 5.41 Å². The van der Waals surface area contributed by atoms with Gasteiger partial charge in [-0.2, -0.15) is 0 Å². The molecule has 3 nitrogen and oxygen atoms in total. The lowest BCUT2D eigenvalue weighted by Gasteiger charge is -2.23. The van der Waals surface area contributed by atoms with E-state index in [0.717, 1.165) is 4.47 Å². The number of hydrogen-bond donors (Lipinski definition) is 2. The Labute approximate surface area is 125 Å². The van der Waals surface area contributed by atoms with E-state index in [4.69, 9.17) is 29.6 Å². The van der Waals surface area contributed by atoms with E-state index in [-0.39, 0.29) is 5.91 Å². The van der Waals surface area contributed by atoms with Crippen LogP contribution in [0.15, 0.2) is 22.7 Å². The molecule has 0 spiro atoms. The maximum Gasteiger partial charge on any atom is 0.252 e. The van der Waals surface area contributed by atoms with Gasteiger partial charge in [-0.3, -0.25) is 4.79 Å². The zero-order valence-corrected chi connectivity index (χ0v) is 13.2. The standard InChI is InChI=1S/C12H14BrClN2OS/c1-12(2,11(15)18)6-16-10(17)8-4-3-7(13)5-9(8)14/h3-5H,6H2,1-2H3,(H2,15,18)(H,16,17). The minimum Gasteiger partial charge on any atom is -0.393 e. The normalized spacial score (nSPS) is 11.1. The van der Waals surface area contributed by atoms with E-state index in [1.54, 1.807) is 18.2 Å². The molecule has 0 bridgehead atoms. The summed E-state index contributed by atoms with van der Waals surface area (Å²) in [5.41, 5.74) is 5.60. The van der Waals surface area contributed by atoms with Crippen molar-refractivity contribution >= 4 is 50.6 Å². The maximum absolute atomic E-state index is 12.0. The van der Waals surface area contributed by atoms with Crippen molar-refractivity contribution in [3.05, 3.63) is 33.3 Å². The van der Waals surface area contributed by atoms with Crippen LogP contribution in [0.3, 0.4) is 0 Å². The molecule has 0 radical (unpaired) electrons. The van der Waals surface area contributed by atoms with E-state index >= 15 is 0 Å². The molecule has 1 rings (SSSR count). The average molecular weight is 350 g/mol. The molecule has 98 valence electrons. The molecule has 0 atom stereocenters. The Morgan fingerprint density at radius 2 is 2.17 bits per heavy atom. The van der Waals surface area contributed by atoms with E-state index in [2.05, 4.69) is 21.2 Å². The van der Waals surface area contributed by atoms with Crippen molar-refractivity contribution in [2.24, 2.45) is 11.1 Å². The molecule has 18 heavy (non-hydrogen) atoms. The largest absolute Gasteiger partial charge is 0.393 e. The number of halogens is 2. The lowest BCUT2D eigenvalue weighted by Crippen LogP contribution is -2.41. The third-order valence-corrected chi connectivity index (χ3v) is 3.89. The van der Waals surface area contributed by atoms with Gasteiger partial charge in [0, 0.05) is 16.4 Å². The van der Waals surface area contributed by atoms with Gasteiger partial charge in [-0.05, 0) is 18.2 Å². The Bertz CT molecular complexity index is 491. The Balaban J connectivity index is 2.75. The summed E-state index contributed by atoms with van der Waals surface area (Å²) in [5, 5.41) is 3.17. The van der Waals surface area contributed by atoms with Gasteiger partial charge < -0.3 is 11.1 Å². The summed E-state index contributed by atoms with van der Waals surface area (Å²) in [4.78, 5) is 12.3. The molecule has 0 aliphatic carbocycles. The molecule has 0 fully saturated rings. The minimum atomic E-state index is -0.424. The summed E-state index contributed by atoms with van der Waals surface area (Å²) >= 11 is 14.2. The molecule has 0 heterocycles. The number of amides is 1. The van der Waals surface area contributed by atoms with Crippen molar-refractivity contribution in [2.75, 3.05) is 6.54 Å². The van der Waals surface area contributed by atoms with Crippen LogP contribution in [-0.2, 0) is 0 Å².